The predicted octanol–water partition coefficient (Wildman–Crippen LogP) is 2.41. The molecule has 1 heterocycles. The number of sulfonamides is 1. The molecular weight excluding hydrogens is 272 g/mol. The Bertz CT molecular complexity index is 569. The van der Waals surface area contributed by atoms with Gasteiger partial charge >= 0.3 is 0 Å². The first-order valence-corrected chi connectivity index (χ1v) is 8.72. The second-order valence-corrected chi connectivity index (χ2v) is 7.50. The lowest BCUT2D eigenvalue weighted by molar-refractivity contribution is 0.342. The van der Waals surface area contributed by atoms with E-state index in [1.807, 2.05) is 19.9 Å². The highest BCUT2D eigenvalue weighted by Crippen LogP contribution is 2.25. The van der Waals surface area contributed by atoms with E-state index in [2.05, 4.69) is 0 Å². The van der Waals surface area contributed by atoms with Gasteiger partial charge in [-0.1, -0.05) is 18.9 Å². The van der Waals surface area contributed by atoms with Gasteiger partial charge in [0.25, 0.3) is 0 Å². The van der Waals surface area contributed by atoms with E-state index < -0.39 is 10.0 Å². The van der Waals surface area contributed by atoms with E-state index in [4.69, 9.17) is 5.73 Å². The van der Waals surface area contributed by atoms with E-state index in [1.54, 1.807) is 16.4 Å². The number of benzene rings is 1. The van der Waals surface area contributed by atoms with Crippen LogP contribution in [-0.4, -0.2) is 25.3 Å². The Morgan fingerprint density at radius 3 is 2.70 bits per heavy atom. The zero-order chi connectivity index (χ0) is 14.8. The van der Waals surface area contributed by atoms with Crippen molar-refractivity contribution in [1.29, 1.82) is 0 Å². The van der Waals surface area contributed by atoms with Gasteiger partial charge in [-0.3, -0.25) is 0 Å². The van der Waals surface area contributed by atoms with Crippen molar-refractivity contribution in [2.24, 2.45) is 5.73 Å². The van der Waals surface area contributed by atoms with Crippen LogP contribution < -0.4 is 5.73 Å². The summed E-state index contributed by atoms with van der Waals surface area (Å²) in [4.78, 5) is 0.390. The normalized spacial score (nSPS) is 21.6. The van der Waals surface area contributed by atoms with Gasteiger partial charge in [-0.05, 0) is 49.9 Å². The van der Waals surface area contributed by atoms with Gasteiger partial charge in [-0.2, -0.15) is 4.31 Å². The Balaban J connectivity index is 2.36. The molecule has 0 saturated carbocycles. The van der Waals surface area contributed by atoms with Crippen LogP contribution in [0.2, 0.25) is 0 Å². The van der Waals surface area contributed by atoms with Crippen LogP contribution in [0.25, 0.3) is 0 Å². The van der Waals surface area contributed by atoms with E-state index >= 15 is 0 Å². The number of rotatable bonds is 3. The lowest BCUT2D eigenvalue weighted by Gasteiger charge is -2.26. The molecular formula is C15H24N2O2S. The molecule has 1 aromatic rings. The van der Waals surface area contributed by atoms with Crippen LogP contribution in [0.1, 0.15) is 43.7 Å². The summed E-state index contributed by atoms with van der Waals surface area (Å²) in [6.07, 6.45) is 4.11. The molecule has 1 saturated heterocycles. The summed E-state index contributed by atoms with van der Waals surface area (Å²) in [5, 5.41) is 0. The van der Waals surface area contributed by atoms with E-state index in [9.17, 15) is 8.42 Å². The van der Waals surface area contributed by atoms with Crippen LogP contribution in [0.5, 0.6) is 0 Å². The van der Waals surface area contributed by atoms with Crippen molar-refractivity contribution in [3.63, 3.8) is 0 Å². The van der Waals surface area contributed by atoms with E-state index in [-0.39, 0.29) is 6.04 Å². The monoisotopic (exact) mass is 296 g/mol. The van der Waals surface area contributed by atoms with Crippen LogP contribution in [0.4, 0.5) is 0 Å². The summed E-state index contributed by atoms with van der Waals surface area (Å²) in [5.74, 6) is 0. The van der Waals surface area contributed by atoms with Crippen molar-refractivity contribution in [2.75, 3.05) is 6.54 Å². The third-order valence-corrected chi connectivity index (χ3v) is 6.14. The molecule has 112 valence electrons. The number of nitrogens with zero attached hydrogens (tertiary/aromatic N) is 1. The molecule has 1 fully saturated rings. The molecule has 0 radical (unpaired) electrons. The molecule has 2 N–H and O–H groups in total. The Labute approximate surface area is 122 Å². The number of nitrogens with two attached hydrogens (primary N) is 1. The molecule has 20 heavy (non-hydrogen) atoms. The Morgan fingerprint density at radius 2 is 2.05 bits per heavy atom. The summed E-state index contributed by atoms with van der Waals surface area (Å²) >= 11 is 0. The van der Waals surface area contributed by atoms with Crippen molar-refractivity contribution < 1.29 is 8.42 Å². The minimum Gasteiger partial charge on any atom is -0.326 e. The lowest BCUT2D eigenvalue weighted by Crippen LogP contribution is -2.38. The van der Waals surface area contributed by atoms with Gasteiger partial charge in [0.1, 0.15) is 0 Å². The molecule has 1 aromatic carbocycles. The summed E-state index contributed by atoms with van der Waals surface area (Å²) < 4.78 is 27.3. The quantitative estimate of drug-likeness (QED) is 0.931. The molecule has 5 heteroatoms. The molecule has 1 atom stereocenters. The number of aryl methyl sites for hydroxylation is 1. The largest absolute Gasteiger partial charge is 0.326 e. The molecule has 0 aromatic heterocycles. The standard InChI is InChI=1S/C15H24N2O2S/c1-12-10-15(8-7-14(12)11-16)20(18,19)17-9-5-3-4-6-13(17)2/h7-8,10,13H,3-6,9,11,16H2,1-2H3. The minimum atomic E-state index is -3.39. The first-order chi connectivity index (χ1) is 9.46. The average Bonchev–Trinajstić information content (AvgIpc) is 2.63. The van der Waals surface area contributed by atoms with Crippen molar-refractivity contribution in [2.45, 2.75) is 57.0 Å². The van der Waals surface area contributed by atoms with Crippen LogP contribution in [0.3, 0.4) is 0 Å². The maximum atomic E-state index is 12.8. The molecule has 1 aliphatic rings. The molecule has 0 aliphatic carbocycles. The number of hydrogen-bond acceptors (Lipinski definition) is 3. The van der Waals surface area contributed by atoms with Gasteiger partial charge in [-0.25, -0.2) is 8.42 Å². The molecule has 0 spiro atoms. The van der Waals surface area contributed by atoms with Crippen molar-refractivity contribution in [3.8, 4) is 0 Å². The van der Waals surface area contributed by atoms with E-state index in [0.717, 1.165) is 36.8 Å². The molecule has 1 aliphatic heterocycles. The summed E-state index contributed by atoms with van der Waals surface area (Å²) in [6, 6.07) is 5.33. The van der Waals surface area contributed by atoms with Gasteiger partial charge in [0, 0.05) is 19.1 Å². The zero-order valence-electron chi connectivity index (χ0n) is 12.3. The topological polar surface area (TPSA) is 63.4 Å². The predicted molar refractivity (Wildman–Crippen MR) is 80.9 cm³/mol. The minimum absolute atomic E-state index is 0.0805. The fraction of sp³-hybridized carbons (Fsp3) is 0.600. The summed E-state index contributed by atoms with van der Waals surface area (Å²) in [6.45, 7) is 4.98. The maximum Gasteiger partial charge on any atom is 0.243 e. The van der Waals surface area contributed by atoms with Gasteiger partial charge in [-0.15, -0.1) is 0 Å². The fourth-order valence-electron chi connectivity index (χ4n) is 2.80. The summed E-state index contributed by atoms with van der Waals surface area (Å²) in [5.41, 5.74) is 7.57. The van der Waals surface area contributed by atoms with Gasteiger partial charge in [0.05, 0.1) is 4.90 Å². The third-order valence-electron chi connectivity index (χ3n) is 4.13. The molecule has 1 unspecified atom stereocenters. The highest BCUT2D eigenvalue weighted by molar-refractivity contribution is 7.89. The molecule has 2 rings (SSSR count). The molecule has 0 amide bonds. The number of hydrogen-bond donors (Lipinski definition) is 1. The van der Waals surface area contributed by atoms with Crippen molar-refractivity contribution in [1.82, 2.24) is 4.31 Å². The van der Waals surface area contributed by atoms with Gasteiger partial charge < -0.3 is 5.73 Å². The van der Waals surface area contributed by atoms with Crippen LogP contribution in [0.15, 0.2) is 23.1 Å². The Hall–Kier alpha value is -0.910. The lowest BCUT2D eigenvalue weighted by atomic mass is 10.1. The maximum absolute atomic E-state index is 12.8. The van der Waals surface area contributed by atoms with Crippen LogP contribution >= 0.6 is 0 Å². The zero-order valence-corrected chi connectivity index (χ0v) is 13.1. The van der Waals surface area contributed by atoms with E-state index in [1.165, 1.54) is 0 Å². The third kappa shape index (κ3) is 3.05. The van der Waals surface area contributed by atoms with Crippen molar-refractivity contribution >= 4 is 10.0 Å². The van der Waals surface area contributed by atoms with E-state index in [0.29, 0.717) is 18.0 Å². The molecule has 4 nitrogen and oxygen atoms in total. The molecule has 0 bridgehead atoms. The van der Waals surface area contributed by atoms with Crippen molar-refractivity contribution in [3.05, 3.63) is 29.3 Å². The average molecular weight is 296 g/mol. The second kappa shape index (κ2) is 6.24. The van der Waals surface area contributed by atoms with Gasteiger partial charge in [0.15, 0.2) is 0 Å². The summed E-state index contributed by atoms with van der Waals surface area (Å²) in [7, 11) is -3.39. The SMILES string of the molecule is Cc1cc(S(=O)(=O)N2CCCCCC2C)ccc1CN. The Morgan fingerprint density at radius 1 is 1.30 bits per heavy atom. The Kier molecular flexibility index (Phi) is 4.83. The van der Waals surface area contributed by atoms with Crippen LogP contribution in [0, 0.1) is 6.92 Å². The first-order valence-electron chi connectivity index (χ1n) is 7.28. The smallest absolute Gasteiger partial charge is 0.243 e. The highest BCUT2D eigenvalue weighted by atomic mass is 32.2. The first kappa shape index (κ1) is 15.5. The fourth-order valence-corrected chi connectivity index (χ4v) is 4.58. The van der Waals surface area contributed by atoms with Crippen LogP contribution in [-0.2, 0) is 16.6 Å². The second-order valence-electron chi connectivity index (χ2n) is 5.61. The van der Waals surface area contributed by atoms with Gasteiger partial charge in [0.2, 0.25) is 10.0 Å². The highest BCUT2D eigenvalue weighted by Gasteiger charge is 2.30.